The van der Waals surface area contributed by atoms with Crippen LogP contribution < -0.4 is 5.32 Å². The quantitative estimate of drug-likeness (QED) is 0.771. The first kappa shape index (κ1) is 9.26. The first-order chi connectivity index (χ1) is 7.33. The molecule has 3 rings (SSSR count). The molecule has 1 N–H and O–H groups in total. The second-order valence-corrected chi connectivity index (χ2v) is 5.24. The lowest BCUT2D eigenvalue weighted by Gasteiger charge is -2.24. The van der Waals surface area contributed by atoms with E-state index in [1.165, 1.54) is 36.9 Å². The second-order valence-electron chi connectivity index (χ2n) is 5.24. The normalized spacial score (nSPS) is 33.3. The van der Waals surface area contributed by atoms with Gasteiger partial charge in [-0.1, -0.05) is 24.6 Å². The van der Waals surface area contributed by atoms with Gasteiger partial charge < -0.3 is 5.32 Å². The van der Waals surface area contributed by atoms with E-state index in [2.05, 4.69) is 36.5 Å². The van der Waals surface area contributed by atoms with E-state index in [9.17, 15) is 0 Å². The Morgan fingerprint density at radius 1 is 1.13 bits per heavy atom. The molecular formula is C14H19N. The van der Waals surface area contributed by atoms with E-state index in [1.54, 1.807) is 0 Å². The number of hydrogen-bond donors (Lipinski definition) is 1. The van der Waals surface area contributed by atoms with Crippen molar-refractivity contribution < 1.29 is 0 Å². The molecule has 2 saturated carbocycles. The molecule has 1 aromatic rings. The molecule has 0 aliphatic heterocycles. The third-order valence-corrected chi connectivity index (χ3v) is 4.22. The average molecular weight is 201 g/mol. The zero-order chi connectivity index (χ0) is 10.3. The van der Waals surface area contributed by atoms with Crippen molar-refractivity contribution in [3.8, 4) is 0 Å². The standard InChI is InChI=1S/C14H19N/c1-10-4-2-3-5-13(10)15-14-9-11-6-7-12(14)8-11/h2-5,11-12,14-15H,6-9H2,1H3/t11-,12+,14-/m0/s1. The van der Waals surface area contributed by atoms with Crippen molar-refractivity contribution in [2.24, 2.45) is 11.8 Å². The van der Waals surface area contributed by atoms with Crippen LogP contribution in [0.3, 0.4) is 0 Å². The van der Waals surface area contributed by atoms with Crippen molar-refractivity contribution in [3.05, 3.63) is 29.8 Å². The third-order valence-electron chi connectivity index (χ3n) is 4.22. The number of rotatable bonds is 2. The molecule has 2 fully saturated rings. The molecule has 0 unspecified atom stereocenters. The van der Waals surface area contributed by atoms with Crippen molar-refractivity contribution in [3.63, 3.8) is 0 Å². The van der Waals surface area contributed by atoms with Crippen LogP contribution in [-0.4, -0.2) is 6.04 Å². The van der Waals surface area contributed by atoms with Gasteiger partial charge in [0.1, 0.15) is 0 Å². The number of benzene rings is 1. The van der Waals surface area contributed by atoms with E-state index in [-0.39, 0.29) is 0 Å². The largest absolute Gasteiger partial charge is 0.382 e. The lowest BCUT2D eigenvalue weighted by Crippen LogP contribution is -2.26. The Kier molecular flexibility index (Phi) is 2.19. The average Bonchev–Trinajstić information content (AvgIpc) is 2.83. The summed E-state index contributed by atoms with van der Waals surface area (Å²) in [5, 5.41) is 3.74. The SMILES string of the molecule is Cc1ccccc1N[C@H]1C[C@H]2CC[C@@H]1C2. The van der Waals surface area contributed by atoms with Crippen LogP contribution in [0, 0.1) is 18.8 Å². The van der Waals surface area contributed by atoms with Gasteiger partial charge in [0.2, 0.25) is 0 Å². The van der Waals surface area contributed by atoms with E-state index in [4.69, 9.17) is 0 Å². The first-order valence-electron chi connectivity index (χ1n) is 6.15. The highest BCUT2D eigenvalue weighted by Gasteiger charge is 2.39. The molecule has 1 heteroatoms. The maximum absolute atomic E-state index is 3.74. The van der Waals surface area contributed by atoms with E-state index in [1.807, 2.05) is 0 Å². The molecule has 1 nitrogen and oxygen atoms in total. The summed E-state index contributed by atoms with van der Waals surface area (Å²) in [5.74, 6) is 1.98. The van der Waals surface area contributed by atoms with Gasteiger partial charge in [0.25, 0.3) is 0 Å². The highest BCUT2D eigenvalue weighted by Crippen LogP contribution is 2.45. The van der Waals surface area contributed by atoms with Gasteiger partial charge in [-0.15, -0.1) is 0 Å². The molecule has 0 radical (unpaired) electrons. The number of fused-ring (bicyclic) bond motifs is 2. The molecule has 1 aromatic carbocycles. The van der Waals surface area contributed by atoms with Gasteiger partial charge in [-0.05, 0) is 49.7 Å². The molecule has 0 aromatic heterocycles. The summed E-state index contributed by atoms with van der Waals surface area (Å²) in [6, 6.07) is 9.39. The Balaban J connectivity index is 1.73. The number of para-hydroxylation sites is 1. The van der Waals surface area contributed by atoms with Crippen molar-refractivity contribution in [2.75, 3.05) is 5.32 Å². The van der Waals surface area contributed by atoms with Gasteiger partial charge in [0.15, 0.2) is 0 Å². The van der Waals surface area contributed by atoms with Crippen LogP contribution in [0.25, 0.3) is 0 Å². The fourth-order valence-electron chi connectivity index (χ4n) is 3.36. The number of hydrogen-bond acceptors (Lipinski definition) is 1. The van der Waals surface area contributed by atoms with Crippen LogP contribution in [0.1, 0.15) is 31.2 Å². The Bertz CT molecular complexity index is 358. The van der Waals surface area contributed by atoms with Crippen molar-refractivity contribution in [1.82, 2.24) is 0 Å². The molecule has 15 heavy (non-hydrogen) atoms. The lowest BCUT2D eigenvalue weighted by atomic mass is 9.95. The molecule has 0 saturated heterocycles. The van der Waals surface area contributed by atoms with Gasteiger partial charge in [0.05, 0.1) is 0 Å². The monoisotopic (exact) mass is 201 g/mol. The Hall–Kier alpha value is -0.980. The van der Waals surface area contributed by atoms with E-state index < -0.39 is 0 Å². The zero-order valence-electron chi connectivity index (χ0n) is 9.37. The summed E-state index contributed by atoms with van der Waals surface area (Å²) in [7, 11) is 0. The van der Waals surface area contributed by atoms with E-state index in [0.717, 1.165) is 17.9 Å². The van der Waals surface area contributed by atoms with Crippen LogP contribution in [0.4, 0.5) is 5.69 Å². The molecule has 80 valence electrons. The molecule has 2 aliphatic rings. The minimum Gasteiger partial charge on any atom is -0.382 e. The van der Waals surface area contributed by atoms with Crippen molar-refractivity contribution in [2.45, 2.75) is 38.6 Å². The second kappa shape index (κ2) is 3.55. The summed E-state index contributed by atoms with van der Waals surface area (Å²) < 4.78 is 0. The highest BCUT2D eigenvalue weighted by atomic mass is 14.9. The van der Waals surface area contributed by atoms with Gasteiger partial charge in [-0.25, -0.2) is 0 Å². The predicted octanol–water partition coefficient (Wildman–Crippen LogP) is 3.60. The molecule has 0 heterocycles. The number of anilines is 1. The molecule has 3 atom stereocenters. The van der Waals surface area contributed by atoms with E-state index in [0.29, 0.717) is 0 Å². The topological polar surface area (TPSA) is 12.0 Å². The fourth-order valence-corrected chi connectivity index (χ4v) is 3.36. The van der Waals surface area contributed by atoms with Gasteiger partial charge in [-0.3, -0.25) is 0 Å². The molecule has 0 spiro atoms. The summed E-state index contributed by atoms with van der Waals surface area (Å²) in [6.45, 7) is 2.19. The molecule has 0 amide bonds. The number of aryl methyl sites for hydroxylation is 1. The summed E-state index contributed by atoms with van der Waals surface area (Å²) in [4.78, 5) is 0. The van der Waals surface area contributed by atoms with Gasteiger partial charge in [0, 0.05) is 11.7 Å². The Labute approximate surface area is 91.9 Å². The third kappa shape index (κ3) is 1.64. The van der Waals surface area contributed by atoms with Gasteiger partial charge in [-0.2, -0.15) is 0 Å². The van der Waals surface area contributed by atoms with Crippen LogP contribution in [-0.2, 0) is 0 Å². The maximum Gasteiger partial charge on any atom is 0.0372 e. The molecule has 2 aliphatic carbocycles. The van der Waals surface area contributed by atoms with Crippen LogP contribution in [0.2, 0.25) is 0 Å². The maximum atomic E-state index is 3.74. The van der Waals surface area contributed by atoms with Gasteiger partial charge >= 0.3 is 0 Å². The fraction of sp³-hybridized carbons (Fsp3) is 0.571. The predicted molar refractivity (Wildman–Crippen MR) is 64.0 cm³/mol. The Morgan fingerprint density at radius 3 is 2.67 bits per heavy atom. The minimum absolute atomic E-state index is 0.754. The lowest BCUT2D eigenvalue weighted by molar-refractivity contribution is 0.439. The Morgan fingerprint density at radius 2 is 2.00 bits per heavy atom. The molecule has 2 bridgehead atoms. The van der Waals surface area contributed by atoms with Crippen molar-refractivity contribution in [1.29, 1.82) is 0 Å². The number of nitrogens with one attached hydrogen (secondary N) is 1. The highest BCUT2D eigenvalue weighted by molar-refractivity contribution is 5.51. The zero-order valence-corrected chi connectivity index (χ0v) is 9.37. The summed E-state index contributed by atoms with van der Waals surface area (Å²) in [6.07, 6.45) is 5.81. The molecular weight excluding hydrogens is 182 g/mol. The first-order valence-corrected chi connectivity index (χ1v) is 6.15. The smallest absolute Gasteiger partial charge is 0.0372 e. The summed E-state index contributed by atoms with van der Waals surface area (Å²) >= 11 is 0. The van der Waals surface area contributed by atoms with Crippen molar-refractivity contribution >= 4 is 5.69 Å². The van der Waals surface area contributed by atoms with Crippen LogP contribution >= 0.6 is 0 Å². The minimum atomic E-state index is 0.754. The van der Waals surface area contributed by atoms with Crippen LogP contribution in [0.5, 0.6) is 0 Å². The van der Waals surface area contributed by atoms with Crippen LogP contribution in [0.15, 0.2) is 24.3 Å². The summed E-state index contributed by atoms with van der Waals surface area (Å²) in [5.41, 5.74) is 2.72. The van der Waals surface area contributed by atoms with E-state index >= 15 is 0 Å².